The normalized spacial score (nSPS) is 9.67. The van der Waals surface area contributed by atoms with Crippen molar-refractivity contribution in [1.82, 2.24) is 5.32 Å². The van der Waals surface area contributed by atoms with Crippen molar-refractivity contribution >= 4 is 27.5 Å². The third kappa shape index (κ3) is 3.47. The molecule has 0 heterocycles. The molecule has 0 unspecified atom stereocenters. The number of halogens is 1. The molecule has 0 saturated heterocycles. The van der Waals surface area contributed by atoms with E-state index in [0.29, 0.717) is 5.56 Å². The Morgan fingerprint density at radius 2 is 2.28 bits per heavy atom. The highest BCUT2D eigenvalue weighted by atomic mass is 79.9. The summed E-state index contributed by atoms with van der Waals surface area (Å²) in [6.07, 6.45) is 0.911. The van der Waals surface area contributed by atoms with Gasteiger partial charge in [0.1, 0.15) is 6.07 Å². The van der Waals surface area contributed by atoms with Gasteiger partial charge in [0.15, 0.2) is 0 Å². The summed E-state index contributed by atoms with van der Waals surface area (Å²) in [5.41, 5.74) is 1.35. The fraction of sp³-hybridized carbons (Fsp3) is 0.385. The highest BCUT2D eigenvalue weighted by molar-refractivity contribution is 9.10. The number of nitriles is 1. The molecule has 1 aromatic rings. The maximum absolute atomic E-state index is 11.5. The number of rotatable bonds is 5. The van der Waals surface area contributed by atoms with Crippen molar-refractivity contribution in [2.45, 2.75) is 13.3 Å². The summed E-state index contributed by atoms with van der Waals surface area (Å²) in [4.78, 5) is 13.4. The highest BCUT2D eigenvalue weighted by Gasteiger charge is 2.15. The van der Waals surface area contributed by atoms with Crippen molar-refractivity contribution in [3.05, 3.63) is 28.2 Å². The summed E-state index contributed by atoms with van der Waals surface area (Å²) in [6, 6.07) is 7.73. The predicted molar refractivity (Wildman–Crippen MR) is 75.4 cm³/mol. The molecule has 1 amide bonds. The van der Waals surface area contributed by atoms with Crippen LogP contribution < -0.4 is 10.2 Å². The number of amides is 1. The van der Waals surface area contributed by atoms with Gasteiger partial charge in [0.25, 0.3) is 0 Å². The second-order valence-corrected chi connectivity index (χ2v) is 4.69. The van der Waals surface area contributed by atoms with Gasteiger partial charge in [-0.3, -0.25) is 4.79 Å². The number of hydrogen-bond donors (Lipinski definition) is 1. The molecule has 96 valence electrons. The molecule has 0 aliphatic heterocycles. The molecule has 0 atom stereocenters. The Morgan fingerprint density at radius 3 is 2.83 bits per heavy atom. The van der Waals surface area contributed by atoms with E-state index in [1.165, 1.54) is 0 Å². The second kappa shape index (κ2) is 7.02. The van der Waals surface area contributed by atoms with Gasteiger partial charge in [0.05, 0.1) is 17.8 Å². The van der Waals surface area contributed by atoms with E-state index >= 15 is 0 Å². The average molecular weight is 310 g/mol. The van der Waals surface area contributed by atoms with E-state index in [0.717, 1.165) is 23.1 Å². The molecule has 0 aromatic heterocycles. The zero-order chi connectivity index (χ0) is 13.5. The van der Waals surface area contributed by atoms with Gasteiger partial charge in [0, 0.05) is 18.1 Å². The van der Waals surface area contributed by atoms with Crippen LogP contribution in [0.5, 0.6) is 0 Å². The van der Waals surface area contributed by atoms with E-state index in [1.807, 2.05) is 30.0 Å². The van der Waals surface area contributed by atoms with Crippen LogP contribution in [0.1, 0.15) is 18.9 Å². The summed E-state index contributed by atoms with van der Waals surface area (Å²) >= 11 is 3.36. The quantitative estimate of drug-likeness (QED) is 0.908. The molecular weight excluding hydrogens is 294 g/mol. The van der Waals surface area contributed by atoms with Gasteiger partial charge in [-0.2, -0.15) is 5.26 Å². The molecule has 0 fully saturated rings. The van der Waals surface area contributed by atoms with Gasteiger partial charge in [0.2, 0.25) is 5.91 Å². The minimum absolute atomic E-state index is 0.0627. The van der Waals surface area contributed by atoms with Crippen LogP contribution in [-0.4, -0.2) is 26.0 Å². The van der Waals surface area contributed by atoms with Crippen molar-refractivity contribution in [2.24, 2.45) is 0 Å². The molecule has 0 aliphatic carbocycles. The molecule has 0 spiro atoms. The lowest BCUT2D eigenvalue weighted by atomic mass is 10.1. The summed E-state index contributed by atoms with van der Waals surface area (Å²) in [6.45, 7) is 3.04. The molecule has 0 aliphatic rings. The smallest absolute Gasteiger partial charge is 0.239 e. The standard InChI is InChI=1S/C13H16BrN3O/c1-3-7-17(9-13(18)16-2)12-6-4-5-11(14)10(12)8-15/h4-6H,3,7,9H2,1-2H3,(H,16,18). The van der Waals surface area contributed by atoms with Crippen molar-refractivity contribution in [3.63, 3.8) is 0 Å². The number of nitrogens with zero attached hydrogens (tertiary/aromatic N) is 2. The third-order valence-electron chi connectivity index (χ3n) is 2.55. The highest BCUT2D eigenvalue weighted by Crippen LogP contribution is 2.27. The lowest BCUT2D eigenvalue weighted by Crippen LogP contribution is -2.36. The molecule has 5 heteroatoms. The Kier molecular flexibility index (Phi) is 5.66. The van der Waals surface area contributed by atoms with E-state index in [2.05, 4.69) is 27.3 Å². The van der Waals surface area contributed by atoms with Gasteiger partial charge >= 0.3 is 0 Å². The average Bonchev–Trinajstić information content (AvgIpc) is 2.37. The fourth-order valence-corrected chi connectivity index (χ4v) is 2.14. The largest absolute Gasteiger partial charge is 0.361 e. The number of carbonyl (C=O) groups is 1. The van der Waals surface area contributed by atoms with Crippen LogP contribution >= 0.6 is 15.9 Å². The van der Waals surface area contributed by atoms with Gasteiger partial charge in [-0.1, -0.05) is 13.0 Å². The minimum atomic E-state index is -0.0627. The van der Waals surface area contributed by atoms with Crippen molar-refractivity contribution in [1.29, 1.82) is 5.26 Å². The van der Waals surface area contributed by atoms with E-state index in [-0.39, 0.29) is 12.5 Å². The first-order valence-corrected chi connectivity index (χ1v) is 6.57. The van der Waals surface area contributed by atoms with Crippen LogP contribution in [-0.2, 0) is 4.79 Å². The molecule has 0 radical (unpaired) electrons. The maximum atomic E-state index is 11.5. The molecule has 1 rings (SSSR count). The zero-order valence-electron chi connectivity index (χ0n) is 10.5. The van der Waals surface area contributed by atoms with E-state index in [9.17, 15) is 10.1 Å². The molecule has 1 aromatic carbocycles. The lowest BCUT2D eigenvalue weighted by molar-refractivity contribution is -0.119. The number of anilines is 1. The monoisotopic (exact) mass is 309 g/mol. The van der Waals surface area contributed by atoms with E-state index in [1.54, 1.807) is 7.05 Å². The molecule has 1 N–H and O–H groups in total. The van der Waals surface area contributed by atoms with Crippen molar-refractivity contribution in [3.8, 4) is 6.07 Å². The number of carbonyl (C=O) groups excluding carboxylic acids is 1. The van der Waals surface area contributed by atoms with E-state index < -0.39 is 0 Å². The number of nitrogens with one attached hydrogen (secondary N) is 1. The molecule has 4 nitrogen and oxygen atoms in total. The van der Waals surface area contributed by atoms with Gasteiger partial charge in [-0.25, -0.2) is 0 Å². The first-order chi connectivity index (χ1) is 8.63. The Bertz CT molecular complexity index is 468. The Hall–Kier alpha value is -1.54. The fourth-order valence-electron chi connectivity index (χ4n) is 1.69. The Morgan fingerprint density at radius 1 is 1.56 bits per heavy atom. The van der Waals surface area contributed by atoms with Crippen LogP contribution in [0.15, 0.2) is 22.7 Å². The molecule has 0 saturated carbocycles. The van der Waals surface area contributed by atoms with Crippen LogP contribution in [0.2, 0.25) is 0 Å². The van der Waals surface area contributed by atoms with Crippen molar-refractivity contribution in [2.75, 3.05) is 25.0 Å². The second-order valence-electron chi connectivity index (χ2n) is 3.84. The Labute approximate surface area is 116 Å². The maximum Gasteiger partial charge on any atom is 0.239 e. The topological polar surface area (TPSA) is 56.1 Å². The van der Waals surface area contributed by atoms with Gasteiger partial charge < -0.3 is 10.2 Å². The first kappa shape index (κ1) is 14.5. The van der Waals surface area contributed by atoms with Crippen LogP contribution in [0.25, 0.3) is 0 Å². The summed E-state index contributed by atoms with van der Waals surface area (Å²) in [5.74, 6) is -0.0627. The number of benzene rings is 1. The summed E-state index contributed by atoms with van der Waals surface area (Å²) in [5, 5.41) is 11.8. The zero-order valence-corrected chi connectivity index (χ0v) is 12.1. The van der Waals surface area contributed by atoms with Gasteiger partial charge in [-0.15, -0.1) is 0 Å². The Balaban J connectivity index is 3.09. The summed E-state index contributed by atoms with van der Waals surface area (Å²) in [7, 11) is 1.61. The van der Waals surface area contributed by atoms with Crippen molar-refractivity contribution < 1.29 is 4.79 Å². The lowest BCUT2D eigenvalue weighted by Gasteiger charge is -2.24. The predicted octanol–water partition coefficient (Wildman–Crippen LogP) is 2.28. The molecular formula is C13H16BrN3O. The van der Waals surface area contributed by atoms with Crippen LogP contribution in [0, 0.1) is 11.3 Å². The van der Waals surface area contributed by atoms with Crippen LogP contribution in [0.4, 0.5) is 5.69 Å². The number of hydrogen-bond acceptors (Lipinski definition) is 3. The van der Waals surface area contributed by atoms with Gasteiger partial charge in [-0.05, 0) is 34.5 Å². The van der Waals surface area contributed by atoms with Crippen LogP contribution in [0.3, 0.4) is 0 Å². The third-order valence-corrected chi connectivity index (χ3v) is 3.21. The molecule has 0 bridgehead atoms. The van der Waals surface area contributed by atoms with E-state index in [4.69, 9.17) is 0 Å². The molecule has 18 heavy (non-hydrogen) atoms. The SMILES string of the molecule is CCCN(CC(=O)NC)c1cccc(Br)c1C#N. The minimum Gasteiger partial charge on any atom is -0.361 e. The number of likely N-dealkylation sites (N-methyl/N-ethyl adjacent to an activating group) is 1. The summed E-state index contributed by atoms with van der Waals surface area (Å²) < 4.78 is 0.750. The first-order valence-electron chi connectivity index (χ1n) is 5.78.